The number of rotatable bonds is 3. The summed E-state index contributed by atoms with van der Waals surface area (Å²) in [6, 6.07) is 17.2. The summed E-state index contributed by atoms with van der Waals surface area (Å²) in [5.74, 6) is 0.300. The van der Waals surface area contributed by atoms with Crippen LogP contribution in [0.1, 0.15) is 42.7 Å². The first-order valence-electron chi connectivity index (χ1n) is 9.51. The Balaban J connectivity index is 1.47. The quantitative estimate of drug-likeness (QED) is 0.800. The van der Waals surface area contributed by atoms with E-state index in [9.17, 15) is 9.59 Å². The summed E-state index contributed by atoms with van der Waals surface area (Å²) < 4.78 is 0. The Morgan fingerprint density at radius 1 is 0.846 bits per heavy atom. The van der Waals surface area contributed by atoms with Crippen molar-refractivity contribution in [2.75, 3.05) is 13.1 Å². The zero-order valence-corrected chi connectivity index (χ0v) is 14.7. The molecular weight excluding hydrogens is 324 g/mol. The van der Waals surface area contributed by atoms with Crippen LogP contribution < -0.4 is 0 Å². The summed E-state index contributed by atoms with van der Waals surface area (Å²) in [6.45, 7) is 1.80. The van der Waals surface area contributed by atoms with E-state index in [1.54, 1.807) is 4.90 Å². The number of hydrogen-bond acceptors (Lipinski definition) is 3. The van der Waals surface area contributed by atoms with Gasteiger partial charge in [-0.3, -0.25) is 19.4 Å². The highest BCUT2D eigenvalue weighted by molar-refractivity contribution is 6.02. The Bertz CT molecular complexity index is 830. The molecule has 26 heavy (non-hydrogen) atoms. The molecule has 2 fully saturated rings. The monoisotopic (exact) mass is 346 g/mol. The summed E-state index contributed by atoms with van der Waals surface area (Å²) in [4.78, 5) is 28.4. The van der Waals surface area contributed by atoms with Gasteiger partial charge in [0.15, 0.2) is 0 Å². The van der Waals surface area contributed by atoms with Crippen LogP contribution in [0.25, 0.3) is 11.1 Å². The average Bonchev–Trinajstić information content (AvgIpc) is 3.33. The first-order valence-corrected chi connectivity index (χ1v) is 9.51. The molecule has 2 heterocycles. The molecule has 2 aromatic rings. The van der Waals surface area contributed by atoms with Gasteiger partial charge in [-0.15, -0.1) is 0 Å². The highest BCUT2D eigenvalue weighted by atomic mass is 16.2. The molecule has 2 aromatic carbocycles. The van der Waals surface area contributed by atoms with Crippen molar-refractivity contribution in [3.05, 3.63) is 59.7 Å². The second kappa shape index (κ2) is 6.06. The van der Waals surface area contributed by atoms with Crippen LogP contribution in [0.15, 0.2) is 48.5 Å². The smallest absolute Gasteiger partial charge is 0.231 e. The third kappa shape index (κ3) is 2.32. The number of carbonyl (C=O) groups is 2. The number of benzene rings is 2. The van der Waals surface area contributed by atoms with Crippen molar-refractivity contribution >= 4 is 11.8 Å². The SMILES string of the molecule is O=C1CCC(=O)N1C1CCCN1CC1c2ccccc2-c2ccccc21. The molecule has 2 amide bonds. The molecule has 5 rings (SSSR count). The molecule has 3 aliphatic rings. The van der Waals surface area contributed by atoms with Gasteiger partial charge in [-0.25, -0.2) is 0 Å². The molecule has 1 unspecified atom stereocenters. The van der Waals surface area contributed by atoms with Crippen LogP contribution in [0.4, 0.5) is 0 Å². The molecule has 0 saturated carbocycles. The number of amides is 2. The fourth-order valence-electron chi connectivity index (χ4n) is 4.93. The number of likely N-dealkylation sites (tertiary alicyclic amines) is 2. The minimum atomic E-state index is -0.0579. The van der Waals surface area contributed by atoms with E-state index in [0.717, 1.165) is 25.9 Å². The Kier molecular flexibility index (Phi) is 3.68. The Morgan fingerprint density at radius 3 is 2.04 bits per heavy atom. The lowest BCUT2D eigenvalue weighted by atomic mass is 9.96. The second-order valence-electron chi connectivity index (χ2n) is 7.50. The van der Waals surface area contributed by atoms with Crippen LogP contribution in [0.3, 0.4) is 0 Å². The Hall–Kier alpha value is -2.46. The standard InChI is InChI=1S/C22H22N2O2/c25-21-11-12-22(26)24(21)20-10-5-13-23(20)14-19-17-8-3-1-6-15(17)16-7-2-4-9-18(16)19/h1-4,6-9,19-20H,5,10-14H2. The van der Waals surface area contributed by atoms with Crippen LogP contribution in [-0.4, -0.2) is 40.9 Å². The van der Waals surface area contributed by atoms with E-state index in [-0.39, 0.29) is 18.0 Å². The molecule has 4 nitrogen and oxygen atoms in total. The largest absolute Gasteiger partial charge is 0.282 e. The fourth-order valence-corrected chi connectivity index (χ4v) is 4.93. The Morgan fingerprint density at radius 2 is 1.42 bits per heavy atom. The van der Waals surface area contributed by atoms with Gasteiger partial charge in [0.05, 0.1) is 6.17 Å². The van der Waals surface area contributed by atoms with E-state index in [1.165, 1.54) is 22.3 Å². The van der Waals surface area contributed by atoms with Gasteiger partial charge >= 0.3 is 0 Å². The van der Waals surface area contributed by atoms with Crippen LogP contribution in [0, 0.1) is 0 Å². The average molecular weight is 346 g/mol. The Labute approximate surface area is 153 Å². The number of hydrogen-bond donors (Lipinski definition) is 0. The summed E-state index contributed by atoms with van der Waals surface area (Å²) >= 11 is 0. The zero-order valence-electron chi connectivity index (χ0n) is 14.7. The van der Waals surface area contributed by atoms with Gasteiger partial charge in [-0.2, -0.15) is 0 Å². The summed E-state index contributed by atoms with van der Waals surface area (Å²) in [5, 5.41) is 0. The van der Waals surface area contributed by atoms with Crippen molar-refractivity contribution in [2.24, 2.45) is 0 Å². The maximum atomic E-state index is 12.2. The van der Waals surface area contributed by atoms with Crippen molar-refractivity contribution in [3.8, 4) is 11.1 Å². The lowest BCUT2D eigenvalue weighted by molar-refractivity contribution is -0.144. The first kappa shape index (κ1) is 15.8. The van der Waals surface area contributed by atoms with Crippen molar-refractivity contribution in [1.29, 1.82) is 0 Å². The molecular formula is C22H22N2O2. The van der Waals surface area contributed by atoms with E-state index in [4.69, 9.17) is 0 Å². The first-order chi connectivity index (χ1) is 12.7. The highest BCUT2D eigenvalue weighted by Crippen LogP contribution is 2.45. The maximum Gasteiger partial charge on any atom is 0.231 e. The number of nitrogens with zero attached hydrogens (tertiary/aromatic N) is 2. The fraction of sp³-hybridized carbons (Fsp3) is 0.364. The summed E-state index contributed by atoms with van der Waals surface area (Å²) in [5.41, 5.74) is 5.35. The van der Waals surface area contributed by atoms with Gasteiger partial charge < -0.3 is 0 Å². The molecule has 0 spiro atoms. The second-order valence-corrected chi connectivity index (χ2v) is 7.50. The van der Waals surface area contributed by atoms with Crippen LogP contribution in [0.2, 0.25) is 0 Å². The highest BCUT2D eigenvalue weighted by Gasteiger charge is 2.41. The van der Waals surface area contributed by atoms with Crippen molar-refractivity contribution < 1.29 is 9.59 Å². The lowest BCUT2D eigenvalue weighted by Gasteiger charge is -2.33. The molecule has 0 bridgehead atoms. The third-order valence-corrected chi connectivity index (χ3v) is 6.10. The molecule has 4 heteroatoms. The summed E-state index contributed by atoms with van der Waals surface area (Å²) in [6.07, 6.45) is 2.62. The van der Waals surface area contributed by atoms with Gasteiger partial charge in [-0.1, -0.05) is 48.5 Å². The van der Waals surface area contributed by atoms with Gasteiger partial charge in [0.25, 0.3) is 0 Å². The van der Waals surface area contributed by atoms with Gasteiger partial charge in [0.1, 0.15) is 0 Å². The van der Waals surface area contributed by atoms with E-state index in [1.807, 2.05) is 0 Å². The molecule has 0 radical (unpaired) electrons. The topological polar surface area (TPSA) is 40.6 Å². The normalized spacial score (nSPS) is 22.9. The number of carbonyl (C=O) groups excluding carboxylic acids is 2. The van der Waals surface area contributed by atoms with Crippen LogP contribution in [-0.2, 0) is 9.59 Å². The predicted octanol–water partition coefficient (Wildman–Crippen LogP) is 3.37. The minimum absolute atomic E-state index is 0.000813. The van der Waals surface area contributed by atoms with E-state index < -0.39 is 0 Å². The zero-order chi connectivity index (χ0) is 17.7. The van der Waals surface area contributed by atoms with E-state index in [2.05, 4.69) is 53.4 Å². The molecule has 0 aromatic heterocycles. The summed E-state index contributed by atoms with van der Waals surface area (Å²) in [7, 11) is 0. The maximum absolute atomic E-state index is 12.2. The molecule has 2 aliphatic heterocycles. The van der Waals surface area contributed by atoms with E-state index in [0.29, 0.717) is 18.8 Å². The molecule has 132 valence electrons. The van der Waals surface area contributed by atoms with Crippen molar-refractivity contribution in [1.82, 2.24) is 9.80 Å². The molecule has 2 saturated heterocycles. The van der Waals surface area contributed by atoms with E-state index >= 15 is 0 Å². The van der Waals surface area contributed by atoms with Gasteiger partial charge in [0, 0.05) is 31.8 Å². The van der Waals surface area contributed by atoms with Crippen molar-refractivity contribution in [2.45, 2.75) is 37.8 Å². The predicted molar refractivity (Wildman–Crippen MR) is 99.4 cm³/mol. The van der Waals surface area contributed by atoms with Gasteiger partial charge in [0.2, 0.25) is 11.8 Å². The third-order valence-electron chi connectivity index (χ3n) is 6.10. The van der Waals surface area contributed by atoms with Crippen LogP contribution in [0.5, 0.6) is 0 Å². The molecule has 0 N–H and O–H groups in total. The molecule has 1 aliphatic carbocycles. The minimum Gasteiger partial charge on any atom is -0.282 e. The van der Waals surface area contributed by atoms with Crippen LogP contribution >= 0.6 is 0 Å². The lowest BCUT2D eigenvalue weighted by Crippen LogP contribution is -2.48. The number of imide groups is 1. The molecule has 1 atom stereocenters. The number of fused-ring (bicyclic) bond motifs is 3. The van der Waals surface area contributed by atoms with Crippen molar-refractivity contribution in [3.63, 3.8) is 0 Å². The van der Waals surface area contributed by atoms with Gasteiger partial charge in [-0.05, 0) is 35.1 Å².